The molecular weight excluding hydrogens is 1150 g/mol. The van der Waals surface area contributed by atoms with E-state index in [0.29, 0.717) is 0 Å². The first-order valence-corrected chi connectivity index (χ1v) is 34.9. The lowest BCUT2D eigenvalue weighted by Crippen LogP contribution is -2.62. The van der Waals surface area contributed by atoms with Gasteiger partial charge in [-0.15, -0.1) is 0 Å². The number of nitrogens with zero attached hydrogens (tertiary/aromatic N) is 3. The third kappa shape index (κ3) is 7.89. The maximum atomic E-state index is 2.74. The van der Waals surface area contributed by atoms with Crippen LogP contribution in [0.2, 0.25) is 0 Å². The Labute approximate surface area is 565 Å². The molecule has 0 atom stereocenters. The molecule has 6 aliphatic rings. The van der Waals surface area contributed by atoms with Gasteiger partial charge in [-0.25, -0.2) is 0 Å². The zero-order chi connectivity index (χ0) is 66.2. The molecule has 0 saturated carbocycles. The molecule has 0 aromatic heterocycles. The lowest BCUT2D eigenvalue weighted by molar-refractivity contribution is 0.520. The third-order valence-corrected chi connectivity index (χ3v) is 25.0. The van der Waals surface area contributed by atoms with Crippen molar-refractivity contribution >= 4 is 74.3 Å². The normalized spacial score (nSPS) is 18.6. The molecule has 11 aromatic rings. The topological polar surface area (TPSA) is 9.72 Å². The van der Waals surface area contributed by atoms with Crippen molar-refractivity contribution in [3.63, 3.8) is 0 Å². The Balaban J connectivity index is 1.05. The highest BCUT2D eigenvalue weighted by Gasteiger charge is 2.52. The number of rotatable bonds is 5. The zero-order valence-electron chi connectivity index (χ0n) is 58.8. The summed E-state index contributed by atoms with van der Waals surface area (Å²) in [6.45, 7) is 41.5. The number of benzene rings is 11. The maximum Gasteiger partial charge on any atom is 0.252 e. The Morgan fingerprint density at radius 3 is 0.884 bits per heavy atom. The molecule has 3 nitrogen and oxygen atoms in total. The van der Waals surface area contributed by atoms with E-state index < -0.39 is 0 Å². The van der Waals surface area contributed by atoms with Gasteiger partial charge in [0.1, 0.15) is 0 Å². The van der Waals surface area contributed by atoms with Crippen LogP contribution in [0.15, 0.2) is 224 Å². The molecule has 0 unspecified atom stereocenters. The standard InChI is InChI=1S/C91H88BN3/c1-55-31-21-30-42-78(55)93(56-32-19-18-20-33-56)59-49-81-83-82(50-59)95(58-44-46-69-71(48-58)87(8,9)63-37-25-23-35-61(63)85(69,4)5)80-54-75-73(89(12,13)65-39-27-29-41-67(65)91(75,16)17)52-77(80)92(83)76-51-72-74(90(14,15)66-40-28-26-38-64(66)88(72,10)11)53-79(76)94(81)57-43-45-68-70(47-57)86(6,7)62-36-24-22-34-60(62)84(68,2)3/h18-54H,1-17H3. The number of hydrogen-bond donors (Lipinski definition) is 0. The Kier molecular flexibility index (Phi) is 12.3. The van der Waals surface area contributed by atoms with Gasteiger partial charge in [-0.05, 0) is 185 Å². The first-order valence-electron chi connectivity index (χ1n) is 34.9. The lowest BCUT2D eigenvalue weighted by Gasteiger charge is -2.50. The van der Waals surface area contributed by atoms with Crippen molar-refractivity contribution < 1.29 is 0 Å². The number of fused-ring (bicyclic) bond motifs is 12. The Hall–Kier alpha value is -9.12. The zero-order valence-corrected chi connectivity index (χ0v) is 58.8. The van der Waals surface area contributed by atoms with Crippen molar-refractivity contribution in [2.24, 2.45) is 0 Å². The highest BCUT2D eigenvalue weighted by Crippen LogP contribution is 2.59. The van der Waals surface area contributed by atoms with Gasteiger partial charge < -0.3 is 14.7 Å². The fraction of sp³-hybridized carbons (Fsp3) is 0.275. The van der Waals surface area contributed by atoms with Crippen molar-refractivity contribution in [1.29, 1.82) is 0 Å². The van der Waals surface area contributed by atoms with Crippen molar-refractivity contribution in [1.82, 2.24) is 0 Å². The second-order valence-electron chi connectivity index (χ2n) is 33.0. The lowest BCUT2D eigenvalue weighted by atomic mass is 9.32. The summed E-state index contributed by atoms with van der Waals surface area (Å²) in [6, 6.07) is 88.3. The van der Waals surface area contributed by atoms with Gasteiger partial charge in [-0.3, -0.25) is 0 Å². The smallest absolute Gasteiger partial charge is 0.252 e. The number of anilines is 9. The van der Waals surface area contributed by atoms with Crippen LogP contribution in [0, 0.1) is 6.92 Å². The monoisotopic (exact) mass is 1230 g/mol. The van der Waals surface area contributed by atoms with Crippen molar-refractivity contribution in [2.45, 2.75) is 161 Å². The van der Waals surface area contributed by atoms with Crippen LogP contribution < -0.4 is 31.1 Å². The van der Waals surface area contributed by atoms with Gasteiger partial charge in [-0.1, -0.05) is 269 Å². The van der Waals surface area contributed by atoms with E-state index in [1.54, 1.807) is 0 Å². The van der Waals surface area contributed by atoms with E-state index in [2.05, 4.69) is 357 Å². The minimum Gasteiger partial charge on any atom is -0.311 e. The fourth-order valence-electron chi connectivity index (χ4n) is 19.6. The van der Waals surface area contributed by atoms with E-state index in [9.17, 15) is 0 Å². The van der Waals surface area contributed by atoms with Gasteiger partial charge in [0.05, 0.1) is 5.69 Å². The van der Waals surface area contributed by atoms with Crippen LogP contribution in [0.4, 0.5) is 51.2 Å². The molecule has 470 valence electrons. The maximum absolute atomic E-state index is 2.74. The summed E-state index contributed by atoms with van der Waals surface area (Å²) >= 11 is 0. The molecule has 11 aromatic carbocycles. The Bertz CT molecular complexity index is 4850. The largest absolute Gasteiger partial charge is 0.311 e. The van der Waals surface area contributed by atoms with Crippen LogP contribution in [0.1, 0.15) is 205 Å². The van der Waals surface area contributed by atoms with Crippen LogP contribution >= 0.6 is 0 Å². The van der Waals surface area contributed by atoms with E-state index in [1.165, 1.54) is 145 Å². The number of para-hydroxylation sites is 2. The summed E-state index contributed by atoms with van der Waals surface area (Å²) in [5.41, 5.74) is 35.8. The summed E-state index contributed by atoms with van der Waals surface area (Å²) in [6.07, 6.45) is 0. The molecule has 95 heavy (non-hydrogen) atoms. The van der Waals surface area contributed by atoms with E-state index in [0.717, 1.165) is 17.1 Å². The molecule has 0 N–H and O–H groups in total. The molecule has 0 bridgehead atoms. The predicted octanol–water partition coefficient (Wildman–Crippen LogP) is 21.4. The van der Waals surface area contributed by atoms with E-state index >= 15 is 0 Å². The summed E-state index contributed by atoms with van der Waals surface area (Å²) in [4.78, 5) is 8.02. The highest BCUT2D eigenvalue weighted by molar-refractivity contribution is 7.00. The predicted molar refractivity (Wildman–Crippen MR) is 403 cm³/mol. The summed E-state index contributed by atoms with van der Waals surface area (Å²) in [5, 5.41) is 0. The molecule has 4 aliphatic carbocycles. The minimum absolute atomic E-state index is 0.169. The first kappa shape index (κ1) is 59.6. The van der Waals surface area contributed by atoms with Crippen LogP contribution in [0.5, 0.6) is 0 Å². The van der Waals surface area contributed by atoms with Crippen LogP contribution in [-0.2, 0) is 43.3 Å². The SMILES string of the molecule is Cc1ccccc1N(c1ccccc1)c1cc2c3c(c1)N(c1ccc4c(c1)C(C)(C)c1ccccc1C4(C)C)c1cc4c(cc1B3c1cc3c(cc1N2c1ccc2c(c1)C(C)(C)c1ccccc1C2(C)C)C(C)(C)c1ccccc1C3(C)C)C(C)(C)c1ccccc1C4(C)C. The molecule has 4 heteroatoms. The van der Waals surface area contributed by atoms with Gasteiger partial charge in [-0.2, -0.15) is 0 Å². The molecule has 0 fully saturated rings. The summed E-state index contributed by atoms with van der Waals surface area (Å²) in [7, 11) is 0. The highest BCUT2D eigenvalue weighted by atomic mass is 15.2. The molecule has 2 aliphatic heterocycles. The van der Waals surface area contributed by atoms with E-state index in [4.69, 9.17) is 0 Å². The summed E-state index contributed by atoms with van der Waals surface area (Å²) in [5.74, 6) is 0. The average molecular weight is 1230 g/mol. The quantitative estimate of drug-likeness (QED) is 0.159. The fourth-order valence-corrected chi connectivity index (χ4v) is 19.6. The molecular formula is C91H88BN3. The number of hydrogen-bond acceptors (Lipinski definition) is 3. The van der Waals surface area contributed by atoms with Crippen LogP contribution in [-0.4, -0.2) is 6.71 Å². The van der Waals surface area contributed by atoms with E-state index in [1.807, 2.05) is 0 Å². The van der Waals surface area contributed by atoms with Crippen molar-refractivity contribution in [2.75, 3.05) is 14.7 Å². The van der Waals surface area contributed by atoms with Gasteiger partial charge in [0.15, 0.2) is 0 Å². The average Bonchev–Trinajstić information content (AvgIpc) is 0.679. The van der Waals surface area contributed by atoms with Crippen molar-refractivity contribution in [3.05, 3.63) is 319 Å². The minimum atomic E-state index is -0.311. The van der Waals surface area contributed by atoms with Gasteiger partial charge in [0.2, 0.25) is 0 Å². The van der Waals surface area contributed by atoms with E-state index in [-0.39, 0.29) is 50.0 Å². The van der Waals surface area contributed by atoms with Gasteiger partial charge in [0.25, 0.3) is 6.71 Å². The first-order chi connectivity index (χ1) is 45.1. The Morgan fingerprint density at radius 2 is 0.537 bits per heavy atom. The second-order valence-corrected chi connectivity index (χ2v) is 33.0. The molecule has 0 saturated heterocycles. The summed E-state index contributed by atoms with van der Waals surface area (Å²) < 4.78 is 0. The van der Waals surface area contributed by atoms with Crippen molar-refractivity contribution in [3.8, 4) is 0 Å². The Morgan fingerprint density at radius 1 is 0.253 bits per heavy atom. The molecule has 0 radical (unpaired) electrons. The van der Waals surface area contributed by atoms with Gasteiger partial charge in [0, 0.05) is 88.8 Å². The number of aryl methyl sites for hydroxylation is 1. The van der Waals surface area contributed by atoms with Gasteiger partial charge >= 0.3 is 0 Å². The van der Waals surface area contributed by atoms with Crippen LogP contribution in [0.3, 0.4) is 0 Å². The molecule has 0 amide bonds. The molecule has 17 rings (SSSR count). The molecule has 0 spiro atoms. The van der Waals surface area contributed by atoms with Crippen LogP contribution in [0.25, 0.3) is 0 Å². The molecule has 2 heterocycles. The third-order valence-electron chi connectivity index (χ3n) is 25.0. The second kappa shape index (κ2) is 19.5.